The number of nitrogens with zero attached hydrogens (tertiary/aromatic N) is 4. The molecular formula is C23H26ClF3N6O5S3. The number of carbonyl (C=O) groups excluding carboxylic acids is 1. The maximum Gasteiger partial charge on any atom is 0.511 e. The smallest absolute Gasteiger partial charge is 0.345 e. The minimum absolute atomic E-state index is 0.0645. The Morgan fingerprint density at radius 1 is 1.20 bits per heavy atom. The van der Waals surface area contributed by atoms with Crippen molar-refractivity contribution in [1.29, 1.82) is 0 Å². The van der Waals surface area contributed by atoms with Gasteiger partial charge in [-0.25, -0.2) is 26.5 Å². The standard InChI is InChI=1S/C23H26ClF3N6O5S3/c1-31-7-5-18-19(13-31)39-21(30-18)22(34)33-9-8-32(12-16(33)4-6-28-41(37,38)23(25,26)27)40(35,36)20-11-14-10-15(24)2-3-17(14)29-20/h2-3,10-11,16,28-29H,4-9,12-13H2,1H3. The predicted molar refractivity (Wildman–Crippen MR) is 147 cm³/mol. The third-order valence-corrected chi connectivity index (χ3v) is 11.3. The van der Waals surface area contributed by atoms with Crippen LogP contribution in [-0.2, 0) is 33.0 Å². The molecule has 2 aromatic heterocycles. The van der Waals surface area contributed by atoms with E-state index in [4.69, 9.17) is 11.6 Å². The number of benzene rings is 1. The van der Waals surface area contributed by atoms with E-state index < -0.39 is 44.0 Å². The highest BCUT2D eigenvalue weighted by molar-refractivity contribution is 7.90. The molecule has 3 aromatic rings. The number of thiazole rings is 1. The number of carbonyl (C=O) groups is 1. The van der Waals surface area contributed by atoms with Gasteiger partial charge in [-0.05, 0) is 37.7 Å². The summed E-state index contributed by atoms with van der Waals surface area (Å²) in [5, 5.41) is 1.09. The van der Waals surface area contributed by atoms with Gasteiger partial charge in [0.05, 0.1) is 5.69 Å². The number of aromatic amines is 1. The Morgan fingerprint density at radius 3 is 2.68 bits per heavy atom. The van der Waals surface area contributed by atoms with E-state index in [1.54, 1.807) is 18.2 Å². The van der Waals surface area contributed by atoms with E-state index >= 15 is 0 Å². The quantitative estimate of drug-likeness (QED) is 0.400. The third-order valence-electron chi connectivity index (χ3n) is 7.06. The molecule has 0 bridgehead atoms. The van der Waals surface area contributed by atoms with Crippen LogP contribution >= 0.6 is 22.9 Å². The van der Waals surface area contributed by atoms with Gasteiger partial charge < -0.3 is 14.8 Å². The molecule has 18 heteroatoms. The summed E-state index contributed by atoms with van der Waals surface area (Å²) in [4.78, 5) is 25.3. The summed E-state index contributed by atoms with van der Waals surface area (Å²) in [6.45, 7) is 0.348. The topological polar surface area (TPSA) is 136 Å². The highest BCUT2D eigenvalue weighted by Gasteiger charge is 2.46. The van der Waals surface area contributed by atoms with Gasteiger partial charge in [0.25, 0.3) is 15.9 Å². The monoisotopic (exact) mass is 654 g/mol. The molecule has 0 radical (unpaired) electrons. The molecule has 1 unspecified atom stereocenters. The van der Waals surface area contributed by atoms with E-state index in [9.17, 15) is 34.8 Å². The molecular weight excluding hydrogens is 629 g/mol. The van der Waals surface area contributed by atoms with Crippen molar-refractivity contribution in [3.63, 3.8) is 0 Å². The van der Waals surface area contributed by atoms with E-state index in [0.717, 1.165) is 21.4 Å². The normalized spacial score (nSPS) is 19.5. The fourth-order valence-electron chi connectivity index (χ4n) is 4.89. The number of amides is 1. The zero-order chi connectivity index (χ0) is 29.7. The minimum Gasteiger partial charge on any atom is -0.345 e. The Labute approximate surface area is 243 Å². The van der Waals surface area contributed by atoms with Crippen molar-refractivity contribution in [2.75, 3.05) is 39.8 Å². The van der Waals surface area contributed by atoms with Gasteiger partial charge in [-0.15, -0.1) is 11.3 Å². The van der Waals surface area contributed by atoms with Crippen molar-refractivity contribution in [3.8, 4) is 0 Å². The van der Waals surface area contributed by atoms with Crippen LogP contribution in [0.5, 0.6) is 0 Å². The lowest BCUT2D eigenvalue weighted by molar-refractivity contribution is -0.0448. The Morgan fingerprint density at radius 2 is 1.95 bits per heavy atom. The van der Waals surface area contributed by atoms with E-state index in [0.29, 0.717) is 28.9 Å². The summed E-state index contributed by atoms with van der Waals surface area (Å²) in [6, 6.07) is 5.34. The number of fused-ring (bicyclic) bond motifs is 2. The molecule has 1 atom stereocenters. The number of rotatable bonds is 7. The molecule has 1 saturated heterocycles. The molecule has 2 aliphatic heterocycles. The van der Waals surface area contributed by atoms with E-state index in [-0.39, 0.29) is 36.1 Å². The molecule has 1 fully saturated rings. The van der Waals surface area contributed by atoms with Crippen LogP contribution in [0.2, 0.25) is 5.02 Å². The van der Waals surface area contributed by atoms with Gasteiger partial charge in [0.1, 0.15) is 5.03 Å². The molecule has 1 amide bonds. The van der Waals surface area contributed by atoms with Crippen LogP contribution in [0.25, 0.3) is 10.9 Å². The Kier molecular flexibility index (Phi) is 8.17. The SMILES string of the molecule is CN1CCc2nc(C(=O)N3CCN(S(=O)(=O)c4cc5cc(Cl)ccc5[nH]4)CC3CCNS(=O)(=O)C(F)(F)F)sc2C1. The average molecular weight is 655 g/mol. The van der Waals surface area contributed by atoms with Crippen LogP contribution in [0.1, 0.15) is 26.8 Å². The summed E-state index contributed by atoms with van der Waals surface area (Å²) < 4.78 is 91.4. The molecule has 0 spiro atoms. The molecule has 2 N–H and O–H groups in total. The largest absolute Gasteiger partial charge is 0.511 e. The van der Waals surface area contributed by atoms with Crippen molar-refractivity contribution >= 4 is 59.8 Å². The number of piperazine rings is 1. The second-order valence-corrected chi connectivity index (χ2v) is 15.1. The molecule has 2 aliphatic rings. The average Bonchev–Trinajstić information content (AvgIpc) is 3.51. The number of sulfonamides is 2. The summed E-state index contributed by atoms with van der Waals surface area (Å²) in [6.07, 6.45) is 0.406. The zero-order valence-corrected chi connectivity index (χ0v) is 24.8. The molecule has 5 rings (SSSR count). The number of aromatic nitrogens is 2. The number of halogens is 4. The van der Waals surface area contributed by atoms with Crippen LogP contribution in [0, 0.1) is 0 Å². The Hall–Kier alpha value is -2.28. The zero-order valence-electron chi connectivity index (χ0n) is 21.6. The van der Waals surface area contributed by atoms with Gasteiger partial charge in [-0.3, -0.25) is 4.79 Å². The number of hydrogen-bond donors (Lipinski definition) is 2. The predicted octanol–water partition coefficient (Wildman–Crippen LogP) is 2.61. The molecule has 0 saturated carbocycles. The van der Waals surface area contributed by atoms with Crippen LogP contribution in [0.3, 0.4) is 0 Å². The first-order chi connectivity index (χ1) is 19.2. The molecule has 224 valence electrons. The molecule has 0 aliphatic carbocycles. The summed E-state index contributed by atoms with van der Waals surface area (Å²) >= 11 is 7.25. The van der Waals surface area contributed by atoms with E-state index in [2.05, 4.69) is 14.9 Å². The second kappa shape index (κ2) is 11.1. The lowest BCUT2D eigenvalue weighted by atomic mass is 10.1. The summed E-state index contributed by atoms with van der Waals surface area (Å²) in [7, 11) is -7.78. The fraction of sp³-hybridized carbons (Fsp3) is 0.478. The van der Waals surface area contributed by atoms with Gasteiger partial charge in [0.15, 0.2) is 5.01 Å². The van der Waals surface area contributed by atoms with Gasteiger partial charge in [-0.2, -0.15) is 17.5 Å². The number of H-pyrrole nitrogens is 1. The molecule has 41 heavy (non-hydrogen) atoms. The van der Waals surface area contributed by atoms with Crippen molar-refractivity contribution in [1.82, 2.24) is 28.8 Å². The first-order valence-electron chi connectivity index (χ1n) is 12.5. The highest BCUT2D eigenvalue weighted by Crippen LogP contribution is 2.30. The lowest BCUT2D eigenvalue weighted by Crippen LogP contribution is -2.57. The van der Waals surface area contributed by atoms with E-state index in [1.165, 1.54) is 27.0 Å². The lowest BCUT2D eigenvalue weighted by Gasteiger charge is -2.40. The first kappa shape index (κ1) is 30.2. The maximum absolute atomic E-state index is 13.6. The van der Waals surface area contributed by atoms with Crippen LogP contribution in [0.4, 0.5) is 13.2 Å². The summed E-state index contributed by atoms with van der Waals surface area (Å²) in [5.74, 6) is -0.479. The number of hydrogen-bond acceptors (Lipinski definition) is 8. The number of likely N-dealkylation sites (N-methyl/N-ethyl adjacent to an activating group) is 1. The van der Waals surface area contributed by atoms with Crippen molar-refractivity contribution in [3.05, 3.63) is 44.9 Å². The number of alkyl halides is 3. The second-order valence-electron chi connectivity index (χ2n) is 9.89. The maximum atomic E-state index is 13.6. The van der Waals surface area contributed by atoms with Gasteiger partial charge in [0, 0.05) is 72.5 Å². The Bertz CT molecular complexity index is 1690. The molecule has 11 nitrogen and oxygen atoms in total. The summed E-state index contributed by atoms with van der Waals surface area (Å²) in [5.41, 5.74) is -4.15. The first-order valence-corrected chi connectivity index (χ1v) is 16.6. The van der Waals surface area contributed by atoms with Crippen LogP contribution < -0.4 is 4.72 Å². The van der Waals surface area contributed by atoms with Gasteiger partial charge in [0.2, 0.25) is 0 Å². The highest BCUT2D eigenvalue weighted by atomic mass is 35.5. The fourth-order valence-corrected chi connectivity index (χ4v) is 8.25. The van der Waals surface area contributed by atoms with Crippen molar-refractivity contribution in [2.45, 2.75) is 36.0 Å². The number of nitrogens with one attached hydrogen (secondary N) is 2. The molecule has 1 aromatic carbocycles. The minimum atomic E-state index is -5.62. The van der Waals surface area contributed by atoms with Gasteiger partial charge in [-0.1, -0.05) is 11.6 Å². The third kappa shape index (κ3) is 6.11. The van der Waals surface area contributed by atoms with Crippen molar-refractivity contribution in [2.24, 2.45) is 0 Å². The van der Waals surface area contributed by atoms with Crippen LogP contribution in [-0.4, -0.2) is 98.1 Å². The van der Waals surface area contributed by atoms with E-state index in [1.807, 2.05) is 7.05 Å². The van der Waals surface area contributed by atoms with Crippen molar-refractivity contribution < 1.29 is 34.8 Å². The molecule has 4 heterocycles. The Balaban J connectivity index is 1.39. The van der Waals surface area contributed by atoms with Crippen LogP contribution in [0.15, 0.2) is 29.3 Å². The van der Waals surface area contributed by atoms with Gasteiger partial charge >= 0.3 is 15.5 Å².